The van der Waals surface area contributed by atoms with Gasteiger partial charge in [0.25, 0.3) is 0 Å². The van der Waals surface area contributed by atoms with Gasteiger partial charge in [-0.15, -0.1) is 16.7 Å². The molecule has 1 aromatic carbocycles. The van der Waals surface area contributed by atoms with Gasteiger partial charge in [0.05, 0.1) is 11.6 Å². The molecule has 0 aliphatic rings. The normalized spacial score (nSPS) is 10.2. The van der Waals surface area contributed by atoms with Crippen molar-refractivity contribution in [2.24, 2.45) is 0 Å². The Labute approximate surface area is 92.5 Å². The van der Waals surface area contributed by atoms with Crippen LogP contribution in [0, 0.1) is 0 Å². The SMILES string of the molecule is ClCCOc1ncn(-c2ccccc2)n1. The maximum Gasteiger partial charge on any atom is 0.335 e. The second-order valence-electron chi connectivity index (χ2n) is 2.84. The van der Waals surface area contributed by atoms with Crippen LogP contribution in [0.25, 0.3) is 5.69 Å². The van der Waals surface area contributed by atoms with Gasteiger partial charge in [0, 0.05) is 0 Å². The second kappa shape index (κ2) is 4.79. The first-order valence-corrected chi connectivity index (χ1v) is 5.09. The van der Waals surface area contributed by atoms with Crippen molar-refractivity contribution in [1.29, 1.82) is 0 Å². The fourth-order valence-electron chi connectivity index (χ4n) is 1.15. The molecule has 15 heavy (non-hydrogen) atoms. The number of aromatic nitrogens is 3. The van der Waals surface area contributed by atoms with E-state index in [2.05, 4.69) is 10.1 Å². The lowest BCUT2D eigenvalue weighted by Crippen LogP contribution is -2.00. The third-order valence-corrected chi connectivity index (χ3v) is 1.95. The number of alkyl halides is 1. The number of para-hydroxylation sites is 1. The summed E-state index contributed by atoms with van der Waals surface area (Å²) in [7, 11) is 0. The highest BCUT2D eigenvalue weighted by Gasteiger charge is 2.02. The molecule has 0 radical (unpaired) electrons. The van der Waals surface area contributed by atoms with Crippen molar-refractivity contribution in [2.45, 2.75) is 0 Å². The molecule has 0 unspecified atom stereocenters. The highest BCUT2D eigenvalue weighted by Crippen LogP contribution is 2.07. The molecule has 5 heteroatoms. The van der Waals surface area contributed by atoms with E-state index in [4.69, 9.17) is 16.3 Å². The fourth-order valence-corrected chi connectivity index (χ4v) is 1.23. The Bertz CT molecular complexity index is 416. The first-order chi connectivity index (χ1) is 7.40. The number of ether oxygens (including phenoxy) is 1. The third-order valence-electron chi connectivity index (χ3n) is 1.80. The number of halogens is 1. The maximum absolute atomic E-state index is 5.49. The van der Waals surface area contributed by atoms with E-state index >= 15 is 0 Å². The van der Waals surface area contributed by atoms with Crippen molar-refractivity contribution in [2.75, 3.05) is 12.5 Å². The molecule has 2 rings (SSSR count). The average molecular weight is 224 g/mol. The van der Waals surface area contributed by atoms with E-state index in [1.807, 2.05) is 30.3 Å². The molecule has 0 aliphatic heterocycles. The second-order valence-corrected chi connectivity index (χ2v) is 3.22. The number of hydrogen-bond acceptors (Lipinski definition) is 3. The third kappa shape index (κ3) is 2.47. The summed E-state index contributed by atoms with van der Waals surface area (Å²) in [5, 5.41) is 4.14. The predicted molar refractivity (Wildman–Crippen MR) is 57.6 cm³/mol. The zero-order valence-corrected chi connectivity index (χ0v) is 8.76. The minimum atomic E-state index is 0.347. The fraction of sp³-hybridized carbons (Fsp3) is 0.200. The van der Waals surface area contributed by atoms with Gasteiger partial charge in [-0.1, -0.05) is 18.2 Å². The summed E-state index contributed by atoms with van der Waals surface area (Å²) in [6.07, 6.45) is 1.61. The van der Waals surface area contributed by atoms with E-state index < -0.39 is 0 Å². The monoisotopic (exact) mass is 223 g/mol. The molecular weight excluding hydrogens is 214 g/mol. The van der Waals surface area contributed by atoms with Gasteiger partial charge in [0.2, 0.25) is 0 Å². The van der Waals surface area contributed by atoms with Crippen molar-refractivity contribution in [3.8, 4) is 11.7 Å². The molecular formula is C10H10ClN3O. The minimum absolute atomic E-state index is 0.347. The van der Waals surface area contributed by atoms with Crippen LogP contribution in [0.1, 0.15) is 0 Å². The van der Waals surface area contributed by atoms with E-state index in [9.17, 15) is 0 Å². The highest BCUT2D eigenvalue weighted by atomic mass is 35.5. The van der Waals surface area contributed by atoms with Gasteiger partial charge in [-0.25, -0.2) is 4.68 Å². The Morgan fingerprint density at radius 2 is 2.07 bits per heavy atom. The molecule has 0 bridgehead atoms. The topological polar surface area (TPSA) is 39.9 Å². The first-order valence-electron chi connectivity index (χ1n) is 4.56. The van der Waals surface area contributed by atoms with Crippen molar-refractivity contribution < 1.29 is 4.74 Å². The van der Waals surface area contributed by atoms with Crippen molar-refractivity contribution in [3.05, 3.63) is 36.7 Å². The van der Waals surface area contributed by atoms with Crippen molar-refractivity contribution in [1.82, 2.24) is 14.8 Å². The number of benzene rings is 1. The summed E-state index contributed by atoms with van der Waals surface area (Å²) in [6.45, 7) is 0.417. The van der Waals surface area contributed by atoms with E-state index in [-0.39, 0.29) is 0 Å². The molecule has 0 saturated carbocycles. The Hall–Kier alpha value is -1.55. The lowest BCUT2D eigenvalue weighted by atomic mass is 10.3. The van der Waals surface area contributed by atoms with E-state index in [0.29, 0.717) is 18.5 Å². The molecule has 78 valence electrons. The lowest BCUT2D eigenvalue weighted by Gasteiger charge is -1.98. The van der Waals surface area contributed by atoms with Crippen LogP contribution >= 0.6 is 11.6 Å². The van der Waals surface area contributed by atoms with Gasteiger partial charge in [-0.05, 0) is 12.1 Å². The number of hydrogen-bond donors (Lipinski definition) is 0. The Kier molecular flexibility index (Phi) is 3.19. The molecule has 0 aliphatic carbocycles. The smallest absolute Gasteiger partial charge is 0.335 e. The molecule has 2 aromatic rings. The van der Waals surface area contributed by atoms with Gasteiger partial charge in [0.15, 0.2) is 0 Å². The number of rotatable bonds is 4. The molecule has 0 N–H and O–H groups in total. The van der Waals surface area contributed by atoms with Crippen LogP contribution in [0.2, 0.25) is 0 Å². The van der Waals surface area contributed by atoms with Gasteiger partial charge in [-0.2, -0.15) is 4.98 Å². The highest BCUT2D eigenvalue weighted by molar-refractivity contribution is 6.17. The van der Waals surface area contributed by atoms with E-state index in [0.717, 1.165) is 5.69 Å². The van der Waals surface area contributed by atoms with Gasteiger partial charge < -0.3 is 4.74 Å². The minimum Gasteiger partial charge on any atom is -0.461 e. The molecule has 1 aromatic heterocycles. The Morgan fingerprint density at radius 3 is 2.80 bits per heavy atom. The van der Waals surface area contributed by atoms with Crippen LogP contribution in [0.3, 0.4) is 0 Å². The summed E-state index contributed by atoms with van der Waals surface area (Å²) >= 11 is 5.49. The lowest BCUT2D eigenvalue weighted by molar-refractivity contribution is 0.315. The van der Waals surface area contributed by atoms with Gasteiger partial charge >= 0.3 is 6.01 Å². The number of nitrogens with zero attached hydrogens (tertiary/aromatic N) is 3. The summed E-state index contributed by atoms with van der Waals surface area (Å²) < 4.78 is 6.84. The quantitative estimate of drug-likeness (QED) is 0.744. The van der Waals surface area contributed by atoms with E-state index in [1.54, 1.807) is 11.0 Å². The van der Waals surface area contributed by atoms with Gasteiger partial charge in [0.1, 0.15) is 12.9 Å². The summed E-state index contributed by atoms with van der Waals surface area (Å²) in [4.78, 5) is 4.00. The summed E-state index contributed by atoms with van der Waals surface area (Å²) in [6, 6.07) is 10.1. The molecule has 0 saturated heterocycles. The molecule has 0 spiro atoms. The molecule has 1 heterocycles. The predicted octanol–water partition coefficient (Wildman–Crippen LogP) is 1.88. The van der Waals surface area contributed by atoms with E-state index in [1.165, 1.54) is 0 Å². The summed E-state index contributed by atoms with van der Waals surface area (Å²) in [5.41, 5.74) is 0.950. The Morgan fingerprint density at radius 1 is 1.27 bits per heavy atom. The largest absolute Gasteiger partial charge is 0.461 e. The van der Waals surface area contributed by atoms with Crippen LogP contribution in [0.15, 0.2) is 36.7 Å². The molecule has 0 amide bonds. The molecule has 0 atom stereocenters. The van der Waals surface area contributed by atoms with Crippen molar-refractivity contribution in [3.63, 3.8) is 0 Å². The molecule has 0 fully saturated rings. The molecule has 4 nitrogen and oxygen atoms in total. The van der Waals surface area contributed by atoms with Crippen molar-refractivity contribution >= 4 is 11.6 Å². The zero-order chi connectivity index (χ0) is 10.5. The maximum atomic E-state index is 5.49. The van der Waals surface area contributed by atoms with Crippen LogP contribution in [0.5, 0.6) is 6.01 Å². The van der Waals surface area contributed by atoms with Gasteiger partial charge in [-0.3, -0.25) is 0 Å². The standard InChI is InChI=1S/C10H10ClN3O/c11-6-7-15-10-12-8-14(13-10)9-4-2-1-3-5-9/h1-5,8H,6-7H2. The Balaban J connectivity index is 2.14. The van der Waals surface area contributed by atoms with Crippen LogP contribution in [0.4, 0.5) is 0 Å². The van der Waals surface area contributed by atoms with Crippen LogP contribution < -0.4 is 4.74 Å². The van der Waals surface area contributed by atoms with Crippen LogP contribution in [-0.4, -0.2) is 27.3 Å². The summed E-state index contributed by atoms with van der Waals surface area (Å²) in [5.74, 6) is 0.430. The first kappa shape index (κ1) is 9.98. The van der Waals surface area contributed by atoms with Crippen LogP contribution in [-0.2, 0) is 0 Å². The zero-order valence-electron chi connectivity index (χ0n) is 8.01. The average Bonchev–Trinajstić information content (AvgIpc) is 2.76.